The fourth-order valence-electron chi connectivity index (χ4n) is 3.68. The number of fused-ring (bicyclic) bond motifs is 1. The van der Waals surface area contributed by atoms with E-state index in [0.717, 1.165) is 18.4 Å². The van der Waals surface area contributed by atoms with Crippen LogP contribution in [0.4, 0.5) is 0 Å². The number of allylic oxidation sites excluding steroid dienone is 2. The fourth-order valence-corrected chi connectivity index (χ4v) is 3.68. The average molecular weight is 236 g/mol. The van der Waals surface area contributed by atoms with Gasteiger partial charge in [0.05, 0.1) is 5.60 Å². The molecule has 0 aliphatic heterocycles. The number of carbonyl (C=O) groups is 1. The van der Waals surface area contributed by atoms with Crippen LogP contribution in [0, 0.1) is 23.7 Å². The van der Waals surface area contributed by atoms with E-state index in [-0.39, 0.29) is 0 Å². The molecule has 0 spiro atoms. The molecule has 96 valence electrons. The number of hydrogen-bond acceptors (Lipinski definition) is 2. The van der Waals surface area contributed by atoms with Crippen LogP contribution in [-0.4, -0.2) is 16.5 Å². The van der Waals surface area contributed by atoms with E-state index in [1.54, 1.807) is 0 Å². The second kappa shape index (κ2) is 4.24. The highest BCUT2D eigenvalue weighted by molar-refractivity contribution is 5.95. The Morgan fingerprint density at radius 2 is 2.00 bits per heavy atom. The molecule has 4 atom stereocenters. The van der Waals surface area contributed by atoms with Gasteiger partial charge in [-0.3, -0.25) is 4.79 Å². The van der Waals surface area contributed by atoms with Crippen LogP contribution in [0.3, 0.4) is 0 Å². The predicted octanol–water partition coefficient (Wildman–Crippen LogP) is 2.95. The highest BCUT2D eigenvalue weighted by Crippen LogP contribution is 2.48. The van der Waals surface area contributed by atoms with E-state index < -0.39 is 5.60 Å². The van der Waals surface area contributed by atoms with Crippen LogP contribution in [0.2, 0.25) is 0 Å². The quantitative estimate of drug-likeness (QED) is 0.760. The van der Waals surface area contributed by atoms with E-state index >= 15 is 0 Å². The zero-order valence-electron chi connectivity index (χ0n) is 11.4. The summed E-state index contributed by atoms with van der Waals surface area (Å²) >= 11 is 0. The van der Waals surface area contributed by atoms with Crippen molar-refractivity contribution in [3.05, 3.63) is 11.6 Å². The summed E-state index contributed by atoms with van der Waals surface area (Å²) in [4.78, 5) is 11.8. The Kier molecular flexibility index (Phi) is 3.19. The minimum atomic E-state index is -0.639. The Hall–Kier alpha value is -0.630. The van der Waals surface area contributed by atoms with Gasteiger partial charge < -0.3 is 5.11 Å². The van der Waals surface area contributed by atoms with Gasteiger partial charge in [-0.2, -0.15) is 0 Å². The molecule has 0 saturated heterocycles. The third-order valence-electron chi connectivity index (χ3n) is 4.83. The van der Waals surface area contributed by atoms with Crippen molar-refractivity contribution < 1.29 is 9.90 Å². The number of ketones is 1. The molecule has 2 heteroatoms. The van der Waals surface area contributed by atoms with Crippen LogP contribution in [0.1, 0.15) is 47.0 Å². The van der Waals surface area contributed by atoms with E-state index in [1.165, 1.54) is 0 Å². The van der Waals surface area contributed by atoms with Gasteiger partial charge in [0.1, 0.15) is 0 Å². The molecule has 0 aromatic rings. The summed E-state index contributed by atoms with van der Waals surface area (Å²) in [5.41, 5.74) is 0.259. The Balaban J connectivity index is 2.33. The average Bonchev–Trinajstić information content (AvgIpc) is 2.19. The monoisotopic (exact) mass is 236 g/mol. The molecule has 4 unspecified atom stereocenters. The third kappa shape index (κ3) is 2.33. The van der Waals surface area contributed by atoms with Crippen molar-refractivity contribution in [2.45, 2.75) is 52.6 Å². The first-order chi connectivity index (χ1) is 7.80. The van der Waals surface area contributed by atoms with Crippen LogP contribution in [0.15, 0.2) is 11.6 Å². The van der Waals surface area contributed by atoms with Gasteiger partial charge in [0.25, 0.3) is 0 Å². The highest BCUT2D eigenvalue weighted by atomic mass is 16.3. The van der Waals surface area contributed by atoms with Gasteiger partial charge in [-0.15, -0.1) is 0 Å². The lowest BCUT2D eigenvalue weighted by Crippen LogP contribution is -2.45. The van der Waals surface area contributed by atoms with Gasteiger partial charge in [-0.05, 0) is 56.4 Å². The van der Waals surface area contributed by atoms with Crippen molar-refractivity contribution in [3.8, 4) is 0 Å². The van der Waals surface area contributed by atoms with E-state index in [2.05, 4.69) is 13.0 Å². The second-order valence-corrected chi connectivity index (χ2v) is 6.53. The van der Waals surface area contributed by atoms with Gasteiger partial charge in [-0.1, -0.05) is 19.4 Å². The maximum atomic E-state index is 11.8. The molecule has 0 heterocycles. The smallest absolute Gasteiger partial charge is 0.158 e. The summed E-state index contributed by atoms with van der Waals surface area (Å²) in [7, 11) is 0. The fraction of sp³-hybridized carbons (Fsp3) is 0.800. The zero-order valence-corrected chi connectivity index (χ0v) is 11.4. The summed E-state index contributed by atoms with van der Waals surface area (Å²) in [6.45, 7) is 7.98. The van der Waals surface area contributed by atoms with Crippen LogP contribution >= 0.6 is 0 Å². The Morgan fingerprint density at radius 3 is 2.59 bits per heavy atom. The summed E-state index contributed by atoms with van der Waals surface area (Å²) in [5, 5.41) is 10.3. The van der Waals surface area contributed by atoms with Crippen molar-refractivity contribution in [2.24, 2.45) is 23.7 Å². The van der Waals surface area contributed by atoms with E-state index in [4.69, 9.17) is 0 Å². The first kappa shape index (κ1) is 12.8. The lowest BCUT2D eigenvalue weighted by atomic mass is 9.59. The third-order valence-corrected chi connectivity index (χ3v) is 4.83. The number of aliphatic hydroxyl groups is 1. The van der Waals surface area contributed by atoms with Gasteiger partial charge in [0.15, 0.2) is 5.78 Å². The topological polar surface area (TPSA) is 37.3 Å². The maximum absolute atomic E-state index is 11.8. The van der Waals surface area contributed by atoms with Crippen molar-refractivity contribution in [3.63, 3.8) is 0 Å². The van der Waals surface area contributed by atoms with Crippen molar-refractivity contribution in [1.82, 2.24) is 0 Å². The van der Waals surface area contributed by atoms with E-state index in [1.807, 2.05) is 20.8 Å². The first-order valence-corrected chi connectivity index (χ1v) is 6.74. The molecule has 2 nitrogen and oxygen atoms in total. The molecular weight excluding hydrogens is 212 g/mol. The molecule has 1 saturated carbocycles. The molecule has 0 aromatic carbocycles. The van der Waals surface area contributed by atoms with Crippen LogP contribution in [0.5, 0.6) is 0 Å². The van der Waals surface area contributed by atoms with Crippen molar-refractivity contribution in [2.75, 3.05) is 0 Å². The number of hydrogen-bond donors (Lipinski definition) is 1. The van der Waals surface area contributed by atoms with Gasteiger partial charge in [0, 0.05) is 6.42 Å². The molecule has 1 N–H and O–H groups in total. The number of rotatable bonds is 1. The molecule has 2 rings (SSSR count). The molecule has 17 heavy (non-hydrogen) atoms. The lowest BCUT2D eigenvalue weighted by Gasteiger charge is -2.47. The summed E-state index contributed by atoms with van der Waals surface area (Å²) in [6.07, 6.45) is 5.02. The Labute approximate surface area is 104 Å². The minimum Gasteiger partial charge on any atom is -0.390 e. The predicted molar refractivity (Wildman–Crippen MR) is 68.5 cm³/mol. The van der Waals surface area contributed by atoms with Gasteiger partial charge in [0.2, 0.25) is 0 Å². The molecule has 2 aliphatic carbocycles. The van der Waals surface area contributed by atoms with Gasteiger partial charge in [-0.25, -0.2) is 0 Å². The largest absolute Gasteiger partial charge is 0.390 e. The Bertz CT molecular complexity index is 348. The molecule has 0 bridgehead atoms. The van der Waals surface area contributed by atoms with Crippen molar-refractivity contribution >= 4 is 5.78 Å². The Morgan fingerprint density at radius 1 is 1.35 bits per heavy atom. The van der Waals surface area contributed by atoms with Crippen LogP contribution in [-0.2, 0) is 4.79 Å². The molecule has 1 fully saturated rings. The molecule has 0 radical (unpaired) electrons. The van der Waals surface area contributed by atoms with Crippen molar-refractivity contribution in [1.29, 1.82) is 0 Å². The lowest BCUT2D eigenvalue weighted by molar-refractivity contribution is -0.120. The first-order valence-electron chi connectivity index (χ1n) is 6.74. The standard InChI is InChI=1S/C15H24O2/c1-9-5-6-13(15(3,4)17)12-7-10(2)14(16)8-11(9)12/h7,9,11-13,17H,5-6,8H2,1-4H3. The highest BCUT2D eigenvalue weighted by Gasteiger charge is 2.44. The molecule has 2 aliphatic rings. The zero-order chi connectivity index (χ0) is 12.8. The maximum Gasteiger partial charge on any atom is 0.158 e. The minimum absolute atomic E-state index is 0.298. The summed E-state index contributed by atoms with van der Waals surface area (Å²) in [6, 6.07) is 0. The number of Topliss-reactive ketones (excluding diaryl/α,β-unsaturated/α-hetero) is 1. The van der Waals surface area contributed by atoms with Gasteiger partial charge >= 0.3 is 0 Å². The molecular formula is C15H24O2. The normalized spacial score (nSPS) is 38.6. The number of carbonyl (C=O) groups excluding carboxylic acids is 1. The van der Waals surface area contributed by atoms with Crippen LogP contribution < -0.4 is 0 Å². The van der Waals surface area contributed by atoms with E-state index in [9.17, 15) is 9.90 Å². The molecule has 0 amide bonds. The molecule has 0 aromatic heterocycles. The van der Waals surface area contributed by atoms with Crippen LogP contribution in [0.25, 0.3) is 0 Å². The summed E-state index contributed by atoms with van der Waals surface area (Å²) in [5.74, 6) is 2.03. The SMILES string of the molecule is CC1=CC2C(CC1=O)C(C)CCC2C(C)(C)O. The van der Waals surface area contributed by atoms with E-state index in [0.29, 0.717) is 35.9 Å². The second-order valence-electron chi connectivity index (χ2n) is 6.53. The summed E-state index contributed by atoms with van der Waals surface area (Å²) < 4.78 is 0.